The van der Waals surface area contributed by atoms with Gasteiger partial charge in [-0.15, -0.1) is 11.6 Å². The highest BCUT2D eigenvalue weighted by molar-refractivity contribution is 6.17. The zero-order valence-corrected chi connectivity index (χ0v) is 11.4. The third kappa shape index (κ3) is 14.2. The van der Waals surface area contributed by atoms with Crippen LogP contribution in [-0.2, 0) is 4.74 Å². The van der Waals surface area contributed by atoms with Gasteiger partial charge in [0.05, 0.1) is 5.60 Å². The summed E-state index contributed by atoms with van der Waals surface area (Å²) in [7, 11) is 0. The Morgan fingerprint density at radius 1 is 0.800 bits per heavy atom. The van der Waals surface area contributed by atoms with Crippen LogP contribution >= 0.6 is 11.6 Å². The van der Waals surface area contributed by atoms with E-state index in [0.717, 1.165) is 12.5 Å². The van der Waals surface area contributed by atoms with Crippen LogP contribution in [0.3, 0.4) is 0 Å². The van der Waals surface area contributed by atoms with E-state index in [0.29, 0.717) is 0 Å². The van der Waals surface area contributed by atoms with Crippen LogP contribution in [0.5, 0.6) is 0 Å². The summed E-state index contributed by atoms with van der Waals surface area (Å²) in [5.41, 5.74) is 0.0281. The molecule has 0 rings (SSSR count). The zero-order chi connectivity index (χ0) is 11.6. The largest absolute Gasteiger partial charge is 0.376 e. The van der Waals surface area contributed by atoms with Crippen LogP contribution in [0.4, 0.5) is 0 Å². The molecule has 0 atom stereocenters. The molecular weight excluding hydrogens is 208 g/mol. The quantitative estimate of drug-likeness (QED) is 0.413. The lowest BCUT2D eigenvalue weighted by molar-refractivity contribution is -0.00474. The van der Waals surface area contributed by atoms with Crippen molar-refractivity contribution in [2.24, 2.45) is 0 Å². The van der Waals surface area contributed by atoms with E-state index in [1.807, 2.05) is 0 Å². The number of hydrogen-bond donors (Lipinski definition) is 0. The molecule has 92 valence electrons. The molecule has 2 heteroatoms. The van der Waals surface area contributed by atoms with E-state index >= 15 is 0 Å². The summed E-state index contributed by atoms with van der Waals surface area (Å²) in [6, 6.07) is 0. The van der Waals surface area contributed by atoms with E-state index in [9.17, 15) is 0 Å². The van der Waals surface area contributed by atoms with Crippen molar-refractivity contribution in [3.8, 4) is 0 Å². The maximum absolute atomic E-state index is 5.66. The highest BCUT2D eigenvalue weighted by atomic mass is 35.5. The second kappa shape index (κ2) is 9.47. The molecule has 0 aliphatic rings. The molecule has 0 bridgehead atoms. The second-order valence-corrected chi connectivity index (χ2v) is 5.50. The number of rotatable bonds is 9. The number of alkyl halides is 1. The van der Waals surface area contributed by atoms with Crippen molar-refractivity contribution in [2.75, 3.05) is 12.5 Å². The fourth-order valence-corrected chi connectivity index (χ4v) is 1.65. The Labute approximate surface area is 101 Å². The van der Waals surface area contributed by atoms with E-state index in [2.05, 4.69) is 20.8 Å². The minimum atomic E-state index is 0.0281. The summed E-state index contributed by atoms with van der Waals surface area (Å²) in [5.74, 6) is 0.819. The maximum Gasteiger partial charge on any atom is 0.0598 e. The minimum absolute atomic E-state index is 0.0281. The Hall–Kier alpha value is 0.250. The van der Waals surface area contributed by atoms with Crippen molar-refractivity contribution in [1.29, 1.82) is 0 Å². The van der Waals surface area contributed by atoms with Crippen LogP contribution < -0.4 is 0 Å². The van der Waals surface area contributed by atoms with Gasteiger partial charge in [0.15, 0.2) is 0 Å². The SMILES string of the molecule is CC(C)(C)OCCCCCCCCCCl. The van der Waals surface area contributed by atoms with Crippen LogP contribution in [0.15, 0.2) is 0 Å². The number of ether oxygens (including phenoxy) is 1. The molecule has 0 amide bonds. The van der Waals surface area contributed by atoms with Crippen molar-refractivity contribution in [2.45, 2.75) is 71.3 Å². The van der Waals surface area contributed by atoms with Crippen LogP contribution in [0.2, 0.25) is 0 Å². The van der Waals surface area contributed by atoms with Gasteiger partial charge in [0, 0.05) is 12.5 Å². The normalized spacial score (nSPS) is 12.0. The van der Waals surface area contributed by atoms with Crippen molar-refractivity contribution in [3.63, 3.8) is 0 Å². The van der Waals surface area contributed by atoms with Gasteiger partial charge in [-0.05, 0) is 33.6 Å². The van der Waals surface area contributed by atoms with Crippen LogP contribution in [0.25, 0.3) is 0 Å². The maximum atomic E-state index is 5.66. The first kappa shape index (κ1) is 15.2. The van der Waals surface area contributed by atoms with Crippen molar-refractivity contribution in [3.05, 3.63) is 0 Å². The molecule has 0 aromatic rings. The number of halogens is 1. The van der Waals surface area contributed by atoms with Gasteiger partial charge in [-0.2, -0.15) is 0 Å². The van der Waals surface area contributed by atoms with Crippen molar-refractivity contribution < 1.29 is 4.74 Å². The first-order valence-corrected chi connectivity index (χ1v) is 6.79. The molecular formula is C13H27ClO. The van der Waals surface area contributed by atoms with Gasteiger partial charge in [-0.1, -0.05) is 32.1 Å². The second-order valence-electron chi connectivity index (χ2n) is 5.12. The van der Waals surface area contributed by atoms with Crippen LogP contribution in [0, 0.1) is 0 Å². The summed E-state index contributed by atoms with van der Waals surface area (Å²) in [6.07, 6.45) is 9.01. The monoisotopic (exact) mass is 234 g/mol. The molecule has 0 aliphatic heterocycles. The van der Waals surface area contributed by atoms with E-state index < -0.39 is 0 Å². The Bertz CT molecular complexity index is 129. The molecule has 1 nitrogen and oxygen atoms in total. The lowest BCUT2D eigenvalue weighted by atomic mass is 10.1. The Morgan fingerprint density at radius 2 is 1.27 bits per heavy atom. The van der Waals surface area contributed by atoms with Crippen molar-refractivity contribution in [1.82, 2.24) is 0 Å². The fourth-order valence-electron chi connectivity index (χ4n) is 1.46. The van der Waals surface area contributed by atoms with E-state index in [1.54, 1.807) is 0 Å². The van der Waals surface area contributed by atoms with Gasteiger partial charge in [-0.25, -0.2) is 0 Å². The standard InChI is InChI=1S/C13H27ClO/c1-13(2,3)15-12-10-8-6-4-5-7-9-11-14/h4-12H2,1-3H3. The Kier molecular flexibility index (Phi) is 9.63. The summed E-state index contributed by atoms with van der Waals surface area (Å²) in [6.45, 7) is 7.24. The lowest BCUT2D eigenvalue weighted by Crippen LogP contribution is -2.19. The number of unbranched alkanes of at least 4 members (excludes halogenated alkanes) is 6. The summed E-state index contributed by atoms with van der Waals surface area (Å²) in [5, 5.41) is 0. The van der Waals surface area contributed by atoms with Gasteiger partial charge in [0.1, 0.15) is 0 Å². The molecule has 0 heterocycles. The lowest BCUT2D eigenvalue weighted by Gasteiger charge is -2.19. The first-order chi connectivity index (χ1) is 7.06. The molecule has 0 aromatic carbocycles. The van der Waals surface area contributed by atoms with Crippen LogP contribution in [0.1, 0.15) is 65.7 Å². The van der Waals surface area contributed by atoms with E-state index in [4.69, 9.17) is 16.3 Å². The minimum Gasteiger partial charge on any atom is -0.376 e. The van der Waals surface area contributed by atoms with E-state index in [-0.39, 0.29) is 5.60 Å². The Morgan fingerprint density at radius 3 is 1.73 bits per heavy atom. The number of hydrogen-bond acceptors (Lipinski definition) is 1. The smallest absolute Gasteiger partial charge is 0.0598 e. The highest BCUT2D eigenvalue weighted by Gasteiger charge is 2.08. The first-order valence-electron chi connectivity index (χ1n) is 6.26. The van der Waals surface area contributed by atoms with Crippen LogP contribution in [-0.4, -0.2) is 18.1 Å². The highest BCUT2D eigenvalue weighted by Crippen LogP contribution is 2.10. The predicted molar refractivity (Wildman–Crippen MR) is 68.7 cm³/mol. The average molecular weight is 235 g/mol. The van der Waals surface area contributed by atoms with Crippen molar-refractivity contribution >= 4 is 11.6 Å². The van der Waals surface area contributed by atoms with Gasteiger partial charge >= 0.3 is 0 Å². The summed E-state index contributed by atoms with van der Waals surface area (Å²) >= 11 is 5.61. The molecule has 0 spiro atoms. The third-order valence-electron chi connectivity index (χ3n) is 2.31. The van der Waals surface area contributed by atoms with Gasteiger partial charge in [0.25, 0.3) is 0 Å². The molecule has 0 radical (unpaired) electrons. The van der Waals surface area contributed by atoms with E-state index in [1.165, 1.54) is 44.9 Å². The van der Waals surface area contributed by atoms with Gasteiger partial charge in [0.2, 0.25) is 0 Å². The molecule has 0 aromatic heterocycles. The third-order valence-corrected chi connectivity index (χ3v) is 2.58. The molecule has 0 saturated heterocycles. The molecule has 15 heavy (non-hydrogen) atoms. The molecule has 0 saturated carbocycles. The molecule has 0 unspecified atom stereocenters. The van der Waals surface area contributed by atoms with Gasteiger partial charge in [-0.3, -0.25) is 0 Å². The average Bonchev–Trinajstić information content (AvgIpc) is 2.14. The fraction of sp³-hybridized carbons (Fsp3) is 1.00. The topological polar surface area (TPSA) is 9.23 Å². The Balaban J connectivity index is 2.99. The molecule has 0 N–H and O–H groups in total. The summed E-state index contributed by atoms with van der Waals surface area (Å²) in [4.78, 5) is 0. The predicted octanol–water partition coefficient (Wildman–Crippen LogP) is 4.77. The molecule has 0 fully saturated rings. The van der Waals surface area contributed by atoms with Gasteiger partial charge < -0.3 is 4.74 Å². The zero-order valence-electron chi connectivity index (χ0n) is 10.7. The molecule has 0 aliphatic carbocycles. The summed E-state index contributed by atoms with van der Waals surface area (Å²) < 4.78 is 5.66.